The highest BCUT2D eigenvalue weighted by Gasteiger charge is 2.33. The summed E-state index contributed by atoms with van der Waals surface area (Å²) in [7, 11) is 3.82. The predicted molar refractivity (Wildman–Crippen MR) is 141 cm³/mol. The molecule has 1 fully saturated rings. The van der Waals surface area contributed by atoms with Crippen molar-refractivity contribution < 1.29 is 9.59 Å². The van der Waals surface area contributed by atoms with Gasteiger partial charge in [-0.05, 0) is 56.0 Å². The van der Waals surface area contributed by atoms with Gasteiger partial charge in [-0.15, -0.1) is 0 Å². The first-order chi connectivity index (χ1) is 17.4. The van der Waals surface area contributed by atoms with E-state index in [1.807, 2.05) is 61.2 Å². The van der Waals surface area contributed by atoms with Crippen molar-refractivity contribution in [1.29, 1.82) is 0 Å². The zero-order valence-electron chi connectivity index (χ0n) is 21.5. The Labute approximate surface area is 213 Å². The molecule has 1 aliphatic carbocycles. The Bertz CT molecular complexity index is 1230. The highest BCUT2D eigenvalue weighted by Crippen LogP contribution is 2.29. The molecular formula is C29H35N5O2. The van der Waals surface area contributed by atoms with Crippen molar-refractivity contribution in [2.75, 3.05) is 38.1 Å². The molecule has 1 saturated heterocycles. The number of benzene rings is 2. The van der Waals surface area contributed by atoms with Gasteiger partial charge in [0.1, 0.15) is 0 Å². The van der Waals surface area contributed by atoms with Gasteiger partial charge in [-0.3, -0.25) is 19.2 Å². The van der Waals surface area contributed by atoms with Crippen molar-refractivity contribution >= 4 is 17.4 Å². The van der Waals surface area contributed by atoms with Gasteiger partial charge in [0.05, 0.1) is 0 Å². The van der Waals surface area contributed by atoms with Gasteiger partial charge in [0, 0.05) is 75.4 Å². The molecular weight excluding hydrogens is 450 g/mol. The van der Waals surface area contributed by atoms with E-state index in [0.29, 0.717) is 18.3 Å². The van der Waals surface area contributed by atoms with Gasteiger partial charge in [-0.2, -0.15) is 5.10 Å². The van der Waals surface area contributed by atoms with Gasteiger partial charge in [-0.1, -0.05) is 30.3 Å². The molecule has 7 heteroatoms. The number of aryl methyl sites for hydroxylation is 1. The van der Waals surface area contributed by atoms with E-state index in [1.54, 1.807) is 11.8 Å². The van der Waals surface area contributed by atoms with Crippen LogP contribution in [0.1, 0.15) is 51.0 Å². The number of aromatic nitrogens is 2. The lowest BCUT2D eigenvalue weighted by Crippen LogP contribution is -2.52. The molecule has 1 atom stereocenters. The summed E-state index contributed by atoms with van der Waals surface area (Å²) >= 11 is 0. The number of carbonyl (C=O) groups is 2. The number of nitrogens with zero attached hydrogens (tertiary/aromatic N) is 5. The second-order valence-electron chi connectivity index (χ2n) is 10.1. The van der Waals surface area contributed by atoms with Crippen LogP contribution in [0.25, 0.3) is 0 Å². The van der Waals surface area contributed by atoms with Crippen LogP contribution >= 0.6 is 0 Å². The Morgan fingerprint density at radius 2 is 1.69 bits per heavy atom. The maximum absolute atomic E-state index is 13.4. The van der Waals surface area contributed by atoms with Crippen LogP contribution in [0.2, 0.25) is 0 Å². The molecule has 7 nitrogen and oxygen atoms in total. The van der Waals surface area contributed by atoms with Crippen molar-refractivity contribution in [2.45, 2.75) is 38.8 Å². The van der Waals surface area contributed by atoms with Crippen molar-refractivity contribution in [1.82, 2.24) is 19.6 Å². The van der Waals surface area contributed by atoms with Gasteiger partial charge in [0.15, 0.2) is 11.5 Å². The van der Waals surface area contributed by atoms with E-state index in [1.165, 1.54) is 11.4 Å². The Morgan fingerprint density at radius 3 is 2.36 bits per heavy atom. The third-order valence-corrected chi connectivity index (χ3v) is 7.71. The summed E-state index contributed by atoms with van der Waals surface area (Å²) in [4.78, 5) is 31.7. The van der Waals surface area contributed by atoms with Gasteiger partial charge >= 0.3 is 0 Å². The quantitative estimate of drug-likeness (QED) is 0.500. The summed E-state index contributed by atoms with van der Waals surface area (Å²) in [5, 5.41) is 4.68. The standard InChI is InChI=1S/C29H35N5O2/c1-21(35)23-9-11-24(12-10-23)33-15-17-34(18-16-33)25-13-14-27-26(19-25)28(30-32(27)3)29(36)31(2)20-22-7-5-4-6-8-22/h4-12,25H,13-20H2,1-3H3. The minimum Gasteiger partial charge on any atom is -0.369 e. The molecule has 1 aliphatic heterocycles. The van der Waals surface area contributed by atoms with E-state index in [0.717, 1.165) is 62.1 Å². The van der Waals surface area contributed by atoms with Crippen molar-refractivity contribution in [3.8, 4) is 0 Å². The zero-order chi connectivity index (χ0) is 25.2. The monoisotopic (exact) mass is 485 g/mol. The Morgan fingerprint density at radius 1 is 1.00 bits per heavy atom. The average Bonchev–Trinajstić information content (AvgIpc) is 3.24. The minimum atomic E-state index is -0.00446. The summed E-state index contributed by atoms with van der Waals surface area (Å²) in [5.74, 6) is 0.0951. The SMILES string of the molecule is CC(=O)c1ccc(N2CCN(C3CCc4c(c(C(=O)N(C)Cc5ccccc5)nn4C)C3)CC2)cc1. The second-order valence-corrected chi connectivity index (χ2v) is 10.1. The van der Waals surface area contributed by atoms with E-state index >= 15 is 0 Å². The normalized spacial score (nSPS) is 18.1. The molecule has 2 heterocycles. The molecule has 0 spiro atoms. The smallest absolute Gasteiger partial charge is 0.274 e. The number of piperazine rings is 1. The molecule has 2 aromatic carbocycles. The summed E-state index contributed by atoms with van der Waals surface area (Å²) < 4.78 is 1.91. The summed E-state index contributed by atoms with van der Waals surface area (Å²) in [6, 6.07) is 18.5. The molecule has 0 bridgehead atoms. The predicted octanol–water partition coefficient (Wildman–Crippen LogP) is 3.57. The number of anilines is 1. The van der Waals surface area contributed by atoms with E-state index in [2.05, 4.69) is 27.0 Å². The zero-order valence-corrected chi connectivity index (χ0v) is 21.5. The molecule has 0 saturated carbocycles. The molecule has 0 N–H and O–H groups in total. The lowest BCUT2D eigenvalue weighted by atomic mass is 9.89. The number of rotatable bonds is 6. The fraction of sp³-hybridized carbons (Fsp3) is 0.414. The fourth-order valence-corrected chi connectivity index (χ4v) is 5.62. The topological polar surface area (TPSA) is 61.7 Å². The van der Waals surface area contributed by atoms with Crippen LogP contribution in [0, 0.1) is 0 Å². The van der Waals surface area contributed by atoms with Crippen molar-refractivity contribution in [3.05, 3.63) is 82.7 Å². The minimum absolute atomic E-state index is 0.00446. The molecule has 0 radical (unpaired) electrons. The highest BCUT2D eigenvalue weighted by atomic mass is 16.2. The molecule has 3 aromatic rings. The van der Waals surface area contributed by atoms with Crippen LogP contribution < -0.4 is 4.90 Å². The first kappa shape index (κ1) is 24.3. The second kappa shape index (κ2) is 10.3. The summed E-state index contributed by atoms with van der Waals surface area (Å²) in [6.45, 7) is 6.08. The third kappa shape index (κ3) is 4.93. The lowest BCUT2D eigenvalue weighted by Gasteiger charge is -2.41. The molecule has 2 aliphatic rings. The van der Waals surface area contributed by atoms with Gasteiger partial charge < -0.3 is 9.80 Å². The number of hydrogen-bond donors (Lipinski definition) is 0. The average molecular weight is 486 g/mol. The van der Waals surface area contributed by atoms with E-state index in [9.17, 15) is 9.59 Å². The number of Topliss-reactive ketones (excluding diaryl/α,β-unsaturated/α-hetero) is 1. The molecule has 1 amide bonds. The van der Waals surface area contributed by atoms with Crippen LogP contribution in [-0.4, -0.2) is 70.5 Å². The van der Waals surface area contributed by atoms with E-state index in [4.69, 9.17) is 0 Å². The number of fused-ring (bicyclic) bond motifs is 1. The maximum atomic E-state index is 13.4. The largest absolute Gasteiger partial charge is 0.369 e. The Balaban J connectivity index is 1.24. The first-order valence-corrected chi connectivity index (χ1v) is 12.8. The molecule has 1 aromatic heterocycles. The number of ketones is 1. The van der Waals surface area contributed by atoms with E-state index in [-0.39, 0.29) is 11.7 Å². The van der Waals surface area contributed by atoms with Crippen molar-refractivity contribution in [2.24, 2.45) is 7.05 Å². The lowest BCUT2D eigenvalue weighted by molar-refractivity contribution is 0.0776. The molecule has 5 rings (SSSR count). The molecule has 188 valence electrons. The number of carbonyl (C=O) groups excluding carboxylic acids is 2. The van der Waals surface area contributed by atoms with Crippen LogP contribution in [-0.2, 0) is 26.4 Å². The number of hydrogen-bond acceptors (Lipinski definition) is 5. The van der Waals surface area contributed by atoms with Crippen LogP contribution in [0.4, 0.5) is 5.69 Å². The third-order valence-electron chi connectivity index (χ3n) is 7.71. The van der Waals surface area contributed by atoms with E-state index < -0.39 is 0 Å². The molecule has 36 heavy (non-hydrogen) atoms. The summed E-state index contributed by atoms with van der Waals surface area (Å²) in [6.07, 6.45) is 2.91. The summed E-state index contributed by atoms with van der Waals surface area (Å²) in [5.41, 5.74) is 5.98. The maximum Gasteiger partial charge on any atom is 0.274 e. The van der Waals surface area contributed by atoms with Gasteiger partial charge in [0.2, 0.25) is 0 Å². The van der Waals surface area contributed by atoms with Gasteiger partial charge in [0.25, 0.3) is 5.91 Å². The highest BCUT2D eigenvalue weighted by molar-refractivity contribution is 5.94. The van der Waals surface area contributed by atoms with Crippen LogP contribution in [0.5, 0.6) is 0 Å². The van der Waals surface area contributed by atoms with Crippen molar-refractivity contribution in [3.63, 3.8) is 0 Å². The fourth-order valence-electron chi connectivity index (χ4n) is 5.62. The Kier molecular flexibility index (Phi) is 6.92. The number of amides is 1. The van der Waals surface area contributed by atoms with Crippen LogP contribution in [0.3, 0.4) is 0 Å². The first-order valence-electron chi connectivity index (χ1n) is 12.8. The van der Waals surface area contributed by atoms with Gasteiger partial charge in [-0.25, -0.2) is 0 Å². The van der Waals surface area contributed by atoms with Crippen LogP contribution in [0.15, 0.2) is 54.6 Å². The Hall–Kier alpha value is -3.45. The molecule has 1 unspecified atom stereocenters.